The minimum Gasteiger partial charge on any atom is -0.504 e. The van der Waals surface area contributed by atoms with Gasteiger partial charge in [-0.1, -0.05) is 82.0 Å². The smallest absolute Gasteiger partial charge is 0.448 e. The fourth-order valence-corrected chi connectivity index (χ4v) is 7.00. The predicted octanol–water partition coefficient (Wildman–Crippen LogP) is 12.6. The van der Waals surface area contributed by atoms with Crippen LogP contribution in [0.25, 0.3) is 42.2 Å². The second-order valence-electron chi connectivity index (χ2n) is 13.6. The number of benzene rings is 3. The molecule has 0 aliphatic rings. The Morgan fingerprint density at radius 3 is 2.04 bits per heavy atom. The third-order valence-electron chi connectivity index (χ3n) is 8.02. The first kappa shape index (κ1) is 42.9. The fourth-order valence-electron chi connectivity index (χ4n) is 5.66. The van der Waals surface area contributed by atoms with Gasteiger partial charge in [-0.3, -0.25) is 9.78 Å². The van der Waals surface area contributed by atoms with Crippen molar-refractivity contribution in [2.24, 2.45) is 11.8 Å². The van der Waals surface area contributed by atoms with Crippen LogP contribution in [0.1, 0.15) is 58.6 Å². The molecule has 1 radical (unpaired) electrons. The van der Waals surface area contributed by atoms with Gasteiger partial charge in [-0.15, -0.1) is 40.5 Å². The number of rotatable bonds is 7. The van der Waals surface area contributed by atoms with Crippen LogP contribution in [-0.4, -0.2) is 34.4 Å². The van der Waals surface area contributed by atoms with Crippen molar-refractivity contribution >= 4 is 48.1 Å². The molecule has 2 aromatic heterocycles. The minimum absolute atomic E-state index is 0. The molecule has 0 amide bonds. The van der Waals surface area contributed by atoms with Gasteiger partial charge in [0.05, 0.1) is 0 Å². The molecule has 0 saturated heterocycles. The van der Waals surface area contributed by atoms with Crippen LogP contribution in [0, 0.1) is 17.9 Å². The van der Waals surface area contributed by atoms with E-state index in [0.29, 0.717) is 16.0 Å². The summed E-state index contributed by atoms with van der Waals surface area (Å²) in [5.41, 5.74) is 2.92. The van der Waals surface area contributed by atoms with Gasteiger partial charge < -0.3 is 5.11 Å². The van der Waals surface area contributed by atoms with Gasteiger partial charge in [0.15, 0.2) is 11.7 Å². The second kappa shape index (κ2) is 16.3. The number of carbonyl (C=O) groups excluding carboxylic acids is 1. The third kappa shape index (κ3) is 10.3. The van der Waals surface area contributed by atoms with Crippen LogP contribution < -0.4 is 0 Å². The number of alkyl halides is 9. The molecule has 0 aliphatic heterocycles. The van der Waals surface area contributed by atoms with E-state index in [1.54, 1.807) is 32.2 Å². The summed E-state index contributed by atoms with van der Waals surface area (Å²) in [6.45, 7) is 9.81. The number of aryl methyl sites for hydroxylation is 1. The summed E-state index contributed by atoms with van der Waals surface area (Å²) in [6, 6.07) is 20.5. The number of pyridine rings is 1. The van der Waals surface area contributed by atoms with Crippen molar-refractivity contribution in [2.75, 3.05) is 0 Å². The van der Waals surface area contributed by atoms with Gasteiger partial charge in [0.25, 0.3) is 0 Å². The zero-order valence-electron chi connectivity index (χ0n) is 28.6. The quantitative estimate of drug-likeness (QED) is 0.0766. The summed E-state index contributed by atoms with van der Waals surface area (Å²) in [5, 5.41) is 12.1. The van der Waals surface area contributed by atoms with Crippen molar-refractivity contribution in [2.45, 2.75) is 77.8 Å². The minimum atomic E-state index is -5.35. The Morgan fingerprint density at radius 2 is 1.46 bits per heavy atom. The van der Waals surface area contributed by atoms with Crippen LogP contribution in [-0.2, 0) is 36.7 Å². The van der Waals surface area contributed by atoms with Crippen molar-refractivity contribution in [1.29, 1.82) is 0 Å². The van der Waals surface area contributed by atoms with Crippen molar-refractivity contribution in [3.8, 4) is 11.3 Å². The van der Waals surface area contributed by atoms with E-state index in [0.717, 1.165) is 37.4 Å². The van der Waals surface area contributed by atoms with Crippen molar-refractivity contribution in [3.63, 3.8) is 0 Å². The van der Waals surface area contributed by atoms with Gasteiger partial charge in [-0.05, 0) is 41.2 Å². The monoisotopic (exact) mass is 933 g/mol. The molecule has 3 aromatic carbocycles. The number of allylic oxidation sites excluding steroid dienone is 2. The number of hydrogen-bond donors (Lipinski definition) is 1. The van der Waals surface area contributed by atoms with Gasteiger partial charge in [-0.2, -0.15) is 39.5 Å². The van der Waals surface area contributed by atoms with Gasteiger partial charge in [0.2, 0.25) is 5.76 Å². The molecule has 14 heteroatoms. The van der Waals surface area contributed by atoms with Crippen LogP contribution in [0.3, 0.4) is 0 Å². The largest absolute Gasteiger partial charge is 0.504 e. The number of nitrogens with zero attached hydrogens (tertiary/aromatic N) is 1. The summed E-state index contributed by atoms with van der Waals surface area (Å²) >= 11 is 1.35. The number of ketones is 1. The maximum absolute atomic E-state index is 13.1. The number of thiophene rings is 1. The average molecular weight is 933 g/mol. The molecule has 1 N–H and O–H groups in total. The standard InChI is InChI=1S/C30H24F6NS.C8H11F3O2.Ir/c1-28(2,3)23-16-19(15-18-7-4-5-9-20(18)23)25-27-22(13-14-37-25)21-10-6-8-17(26(21)38-27)11-12-24(29(31,32)33)30(34,35)36;1-5(2)3-6(12)4-7(13)8(9,10)11;/h4-10,13-14,16,24H,11-12H2,1-3H3;4-5,13H,3H2,1-2H3;/q-1;;/b;7-4-;. The van der Waals surface area contributed by atoms with Crippen LogP contribution in [0.4, 0.5) is 39.5 Å². The van der Waals surface area contributed by atoms with E-state index in [-0.39, 0.29) is 50.4 Å². The molecule has 0 saturated carbocycles. The van der Waals surface area contributed by atoms with Crippen molar-refractivity contribution in [1.82, 2.24) is 4.98 Å². The molecule has 0 bridgehead atoms. The molecule has 0 unspecified atom stereocenters. The Hall–Kier alpha value is -3.48. The SMILES string of the molecule is CC(C)(C)c1cc(-c2nccc3c2sc2c(CCC(C(F)(F)F)C(F)(F)F)cccc23)[c-]c2ccccc12.CC(C)CC(=O)/C=C(\O)C(F)(F)F.[Ir]. The van der Waals surface area contributed by atoms with E-state index >= 15 is 0 Å². The summed E-state index contributed by atoms with van der Waals surface area (Å²) in [5.74, 6) is -5.94. The van der Waals surface area contributed by atoms with Crippen LogP contribution in [0.5, 0.6) is 0 Å². The Balaban J connectivity index is 0.000000447. The number of aliphatic hydroxyl groups is 1. The Bertz CT molecular complexity index is 2040. The molecule has 0 aliphatic carbocycles. The second-order valence-corrected chi connectivity index (χ2v) is 14.6. The molecule has 283 valence electrons. The Kier molecular flexibility index (Phi) is 13.4. The van der Waals surface area contributed by atoms with Crippen LogP contribution >= 0.6 is 11.3 Å². The first-order valence-electron chi connectivity index (χ1n) is 15.9. The number of aromatic nitrogens is 1. The number of halogens is 9. The molecular formula is C38H35F9IrNO2S-. The topological polar surface area (TPSA) is 50.2 Å². The molecule has 3 nitrogen and oxygen atoms in total. The van der Waals surface area contributed by atoms with Crippen molar-refractivity contribution < 1.29 is 69.5 Å². The van der Waals surface area contributed by atoms with Gasteiger partial charge >= 0.3 is 18.5 Å². The van der Waals surface area contributed by atoms with E-state index in [1.807, 2.05) is 30.3 Å². The third-order valence-corrected chi connectivity index (χ3v) is 9.33. The van der Waals surface area contributed by atoms with Crippen LogP contribution in [0.15, 0.2) is 72.6 Å². The van der Waals surface area contributed by atoms with Crippen LogP contribution in [0.2, 0.25) is 0 Å². The summed E-state index contributed by atoms with van der Waals surface area (Å²) in [4.78, 5) is 15.4. The van der Waals surface area contributed by atoms with Gasteiger partial charge in [0, 0.05) is 59.3 Å². The van der Waals surface area contributed by atoms with Gasteiger partial charge in [0.1, 0.15) is 0 Å². The van der Waals surface area contributed by atoms with E-state index in [9.17, 15) is 44.3 Å². The zero-order chi connectivity index (χ0) is 38.1. The maximum atomic E-state index is 13.1. The zero-order valence-corrected chi connectivity index (χ0v) is 31.8. The molecule has 5 rings (SSSR count). The Labute approximate surface area is 312 Å². The molecule has 0 atom stereocenters. The average Bonchev–Trinajstić information content (AvgIpc) is 3.38. The summed E-state index contributed by atoms with van der Waals surface area (Å²) in [6.07, 6.45) is -15.0. The molecule has 5 aromatic rings. The predicted molar refractivity (Wildman–Crippen MR) is 183 cm³/mol. The van der Waals surface area contributed by atoms with E-state index in [4.69, 9.17) is 5.11 Å². The number of carbonyl (C=O) groups is 1. The fraction of sp³-hybridized carbons (Fsp3) is 0.368. The molecule has 2 heterocycles. The molecule has 0 fully saturated rings. The number of aliphatic hydroxyl groups excluding tert-OH is 1. The molecule has 0 spiro atoms. The van der Waals surface area contributed by atoms with Gasteiger partial charge in [-0.25, -0.2) is 0 Å². The first-order valence-corrected chi connectivity index (χ1v) is 16.7. The molecule has 52 heavy (non-hydrogen) atoms. The van der Waals surface area contributed by atoms with E-state index in [1.165, 1.54) is 11.3 Å². The van der Waals surface area contributed by atoms with E-state index in [2.05, 4.69) is 44.0 Å². The normalized spacial score (nSPS) is 13.1. The van der Waals surface area contributed by atoms with E-state index < -0.39 is 42.4 Å². The number of fused-ring (bicyclic) bond motifs is 4. The summed E-state index contributed by atoms with van der Waals surface area (Å²) in [7, 11) is 0. The Morgan fingerprint density at radius 1 is 0.865 bits per heavy atom. The summed E-state index contributed by atoms with van der Waals surface area (Å²) < 4.78 is 115. The molecular weight excluding hydrogens is 898 g/mol. The number of hydrogen-bond acceptors (Lipinski definition) is 4. The first-order chi connectivity index (χ1) is 23.5. The van der Waals surface area contributed by atoms with Crippen molar-refractivity contribution in [3.05, 3.63) is 89.8 Å². The maximum Gasteiger partial charge on any atom is 0.448 e.